The van der Waals surface area contributed by atoms with Crippen LogP contribution in [0.2, 0.25) is 10.0 Å². The molecule has 2 aromatic carbocycles. The molecule has 0 amide bonds. The Labute approximate surface area is 196 Å². The van der Waals surface area contributed by atoms with Crippen LogP contribution in [-0.2, 0) is 12.8 Å². The summed E-state index contributed by atoms with van der Waals surface area (Å²) in [6.45, 7) is 0.505. The van der Waals surface area contributed by atoms with E-state index >= 15 is 0 Å². The van der Waals surface area contributed by atoms with Gasteiger partial charge >= 0.3 is 0 Å². The van der Waals surface area contributed by atoms with Crippen LogP contribution in [0.25, 0.3) is 0 Å². The number of hydrogen-bond donors (Lipinski definition) is 1. The van der Waals surface area contributed by atoms with Crippen molar-refractivity contribution >= 4 is 29.5 Å². The molecule has 0 radical (unpaired) electrons. The van der Waals surface area contributed by atoms with Gasteiger partial charge in [0.05, 0.1) is 12.2 Å². The fraction of sp³-hybridized carbons (Fsp3) is 0.292. The minimum absolute atomic E-state index is 0.139. The summed E-state index contributed by atoms with van der Waals surface area (Å²) in [6.07, 6.45) is 3.11. The number of aromatic hydroxyl groups is 1. The first-order valence-corrected chi connectivity index (χ1v) is 11.0. The number of likely N-dealkylation sites (N-methyl/N-ethyl adjacent to an activating group) is 1. The molecule has 166 valence electrons. The summed E-state index contributed by atoms with van der Waals surface area (Å²) in [7, 11) is 3.86. The van der Waals surface area contributed by atoms with Crippen LogP contribution >= 0.6 is 23.2 Å². The predicted octanol–water partition coefficient (Wildman–Crippen LogP) is 4.10. The first-order chi connectivity index (χ1) is 15.3. The lowest BCUT2D eigenvalue weighted by Crippen LogP contribution is -2.34. The molecular formula is C24H23Cl2N3O3. The summed E-state index contributed by atoms with van der Waals surface area (Å²) < 4.78 is 1.47. The van der Waals surface area contributed by atoms with Crippen molar-refractivity contribution in [3.63, 3.8) is 0 Å². The molecular weight excluding hydrogens is 449 g/mol. The molecule has 0 aliphatic heterocycles. The number of fused-ring (bicyclic) bond motifs is 2. The molecule has 1 N–H and O–H groups in total. The summed E-state index contributed by atoms with van der Waals surface area (Å²) in [6, 6.07) is 11.3. The number of carbonyl (C=O) groups is 1. The standard InChI is InChI=1S/C24H23Cl2N3O3/c1-28(2)12-20(29-21(13-30)24(32)22(31)11-27-29)23-18-7-5-16(25)9-14(18)3-4-15-10-17(26)6-8-19(15)23/h5-11,13,20,23,32H,3-4,12H2,1-2H3/t20-/m1/s1. The zero-order valence-electron chi connectivity index (χ0n) is 17.8. The average molecular weight is 472 g/mol. The highest BCUT2D eigenvalue weighted by molar-refractivity contribution is 6.31. The lowest BCUT2D eigenvalue weighted by atomic mass is 9.82. The van der Waals surface area contributed by atoms with Gasteiger partial charge in [-0.1, -0.05) is 35.3 Å². The third-order valence-corrected chi connectivity index (χ3v) is 6.40. The third kappa shape index (κ3) is 4.18. The van der Waals surface area contributed by atoms with Gasteiger partial charge in [-0.2, -0.15) is 5.10 Å². The Morgan fingerprint density at radius 1 is 1.12 bits per heavy atom. The third-order valence-electron chi connectivity index (χ3n) is 5.93. The van der Waals surface area contributed by atoms with Crippen LogP contribution in [0.15, 0.2) is 47.4 Å². The van der Waals surface area contributed by atoms with Crippen molar-refractivity contribution in [2.75, 3.05) is 20.6 Å². The number of halogens is 2. The van der Waals surface area contributed by atoms with Crippen molar-refractivity contribution < 1.29 is 9.90 Å². The monoisotopic (exact) mass is 471 g/mol. The Kier molecular flexibility index (Phi) is 6.38. The van der Waals surface area contributed by atoms with E-state index in [1.54, 1.807) is 0 Å². The lowest BCUT2D eigenvalue weighted by molar-refractivity contribution is 0.110. The van der Waals surface area contributed by atoms with Crippen LogP contribution in [0.4, 0.5) is 0 Å². The second kappa shape index (κ2) is 9.06. The summed E-state index contributed by atoms with van der Waals surface area (Å²) in [4.78, 5) is 25.9. The number of hydrogen-bond acceptors (Lipinski definition) is 5. The molecule has 0 spiro atoms. The van der Waals surface area contributed by atoms with Crippen molar-refractivity contribution in [1.29, 1.82) is 0 Å². The minimum Gasteiger partial charge on any atom is -0.503 e. The molecule has 0 unspecified atom stereocenters. The van der Waals surface area contributed by atoms with E-state index in [4.69, 9.17) is 23.2 Å². The summed E-state index contributed by atoms with van der Waals surface area (Å²) in [5, 5.41) is 15.9. The van der Waals surface area contributed by atoms with Crippen LogP contribution in [0, 0.1) is 0 Å². The molecule has 0 bridgehead atoms. The van der Waals surface area contributed by atoms with Gasteiger partial charge in [0, 0.05) is 22.5 Å². The Hall–Kier alpha value is -2.67. The molecule has 32 heavy (non-hydrogen) atoms. The summed E-state index contributed by atoms with van der Waals surface area (Å²) in [5.74, 6) is -0.812. The molecule has 1 aliphatic rings. The van der Waals surface area contributed by atoms with E-state index in [0.29, 0.717) is 22.9 Å². The van der Waals surface area contributed by atoms with Crippen LogP contribution in [0.1, 0.15) is 44.7 Å². The highest BCUT2D eigenvalue weighted by atomic mass is 35.5. The molecule has 6 nitrogen and oxygen atoms in total. The first kappa shape index (κ1) is 22.5. The van der Waals surface area contributed by atoms with Gasteiger partial charge in [0.2, 0.25) is 5.43 Å². The molecule has 1 aliphatic carbocycles. The molecule has 1 heterocycles. The quantitative estimate of drug-likeness (QED) is 0.566. The second-order valence-electron chi connectivity index (χ2n) is 8.30. The number of aromatic nitrogens is 2. The van der Waals surface area contributed by atoms with Crippen molar-refractivity contribution in [3.8, 4) is 5.75 Å². The molecule has 0 saturated heterocycles. The Morgan fingerprint density at radius 3 is 2.19 bits per heavy atom. The van der Waals surface area contributed by atoms with Crippen LogP contribution < -0.4 is 5.43 Å². The molecule has 0 saturated carbocycles. The number of carbonyl (C=O) groups excluding carboxylic acids is 1. The number of benzene rings is 2. The molecule has 1 atom stereocenters. The lowest BCUT2D eigenvalue weighted by Gasteiger charge is -2.33. The topological polar surface area (TPSA) is 75.4 Å². The zero-order valence-corrected chi connectivity index (χ0v) is 19.3. The molecule has 3 aromatic rings. The molecule has 8 heteroatoms. The van der Waals surface area contributed by atoms with Crippen molar-refractivity contribution in [1.82, 2.24) is 14.7 Å². The van der Waals surface area contributed by atoms with Gasteiger partial charge in [-0.3, -0.25) is 14.3 Å². The fourth-order valence-electron chi connectivity index (χ4n) is 4.58. The number of aldehydes is 1. The van der Waals surface area contributed by atoms with Crippen molar-refractivity contribution in [2.45, 2.75) is 24.8 Å². The molecule has 4 rings (SSSR count). The van der Waals surface area contributed by atoms with Gasteiger partial charge in [-0.25, -0.2) is 0 Å². The van der Waals surface area contributed by atoms with Gasteiger partial charge in [0.15, 0.2) is 12.0 Å². The van der Waals surface area contributed by atoms with Crippen molar-refractivity contribution in [2.24, 2.45) is 0 Å². The molecule has 0 fully saturated rings. The predicted molar refractivity (Wildman–Crippen MR) is 125 cm³/mol. The van der Waals surface area contributed by atoms with E-state index in [9.17, 15) is 14.7 Å². The Bertz CT molecular complexity index is 1190. The normalized spacial score (nSPS) is 14.5. The Balaban J connectivity index is 2.02. The number of nitrogens with zero attached hydrogens (tertiary/aromatic N) is 3. The first-order valence-electron chi connectivity index (χ1n) is 10.3. The van der Waals surface area contributed by atoms with E-state index in [1.165, 1.54) is 4.68 Å². The molecule has 1 aromatic heterocycles. The zero-order chi connectivity index (χ0) is 23.0. The summed E-state index contributed by atoms with van der Waals surface area (Å²) >= 11 is 12.6. The van der Waals surface area contributed by atoms with Crippen LogP contribution in [0.3, 0.4) is 0 Å². The number of rotatable bonds is 5. The Morgan fingerprint density at radius 2 is 1.69 bits per heavy atom. The second-order valence-corrected chi connectivity index (χ2v) is 9.17. The van der Waals surface area contributed by atoms with E-state index in [-0.39, 0.29) is 11.6 Å². The van der Waals surface area contributed by atoms with Crippen molar-refractivity contribution in [3.05, 3.63) is 90.8 Å². The maximum atomic E-state index is 12.0. The highest BCUT2D eigenvalue weighted by Gasteiger charge is 2.34. The van der Waals surface area contributed by atoms with Crippen LogP contribution in [-0.4, -0.2) is 46.7 Å². The van der Waals surface area contributed by atoms with Gasteiger partial charge in [0.25, 0.3) is 0 Å². The average Bonchev–Trinajstić information content (AvgIpc) is 2.90. The smallest absolute Gasteiger partial charge is 0.242 e. The van der Waals surface area contributed by atoms with E-state index < -0.39 is 17.2 Å². The van der Waals surface area contributed by atoms with Crippen LogP contribution in [0.5, 0.6) is 5.75 Å². The van der Waals surface area contributed by atoms with E-state index in [2.05, 4.69) is 5.10 Å². The van der Waals surface area contributed by atoms with Gasteiger partial charge in [-0.15, -0.1) is 0 Å². The van der Waals surface area contributed by atoms with E-state index in [0.717, 1.165) is 41.3 Å². The number of aryl methyl sites for hydroxylation is 2. The van der Waals surface area contributed by atoms with Gasteiger partial charge in [-0.05, 0) is 73.5 Å². The van der Waals surface area contributed by atoms with Gasteiger partial charge < -0.3 is 10.0 Å². The highest BCUT2D eigenvalue weighted by Crippen LogP contribution is 2.43. The van der Waals surface area contributed by atoms with Gasteiger partial charge in [0.1, 0.15) is 5.69 Å². The fourth-order valence-corrected chi connectivity index (χ4v) is 4.97. The maximum absolute atomic E-state index is 12.0. The van der Waals surface area contributed by atoms with E-state index in [1.807, 2.05) is 55.4 Å². The maximum Gasteiger partial charge on any atom is 0.242 e. The largest absolute Gasteiger partial charge is 0.503 e. The SMILES string of the molecule is CN(C)C[C@H](C1c2ccc(Cl)cc2CCc2cc(Cl)ccc21)n1ncc(=O)c(O)c1C=O. The minimum atomic E-state index is -0.688. The summed E-state index contributed by atoms with van der Waals surface area (Å²) in [5.41, 5.74) is 3.53.